The van der Waals surface area contributed by atoms with Gasteiger partial charge in [-0.15, -0.1) is 0 Å². The smallest absolute Gasteiger partial charge is 0.335 e. The van der Waals surface area contributed by atoms with E-state index in [1.165, 1.54) is 24.3 Å². The first kappa shape index (κ1) is 59.6. The largest absolute Gasteiger partial charge is 0.479 e. The number of nitrogens with one attached hydrogen (secondary N) is 2. The van der Waals surface area contributed by atoms with Crippen LogP contribution in [0.25, 0.3) is 0 Å². The van der Waals surface area contributed by atoms with Gasteiger partial charge in [0.25, 0.3) is 11.8 Å². The number of carbonyl (C=O) groups is 6. The van der Waals surface area contributed by atoms with E-state index in [0.29, 0.717) is 22.3 Å². The molecule has 16 atom stereocenters. The van der Waals surface area contributed by atoms with Crippen LogP contribution in [0.1, 0.15) is 98.4 Å². The molecule has 8 aliphatic rings. The Bertz CT molecular complexity index is 2710. The third-order valence-electron chi connectivity index (χ3n) is 14.8. The third-order valence-corrected chi connectivity index (χ3v) is 14.8. The summed E-state index contributed by atoms with van der Waals surface area (Å²) >= 11 is 0. The zero-order chi connectivity index (χ0) is 59.9. The number of hydrogen-bond acceptors (Lipinski definition) is 22. The van der Waals surface area contributed by atoms with Crippen molar-refractivity contribution >= 4 is 47.0 Å². The number of anilines is 2. The number of rotatable bonds is 20. The van der Waals surface area contributed by atoms with Gasteiger partial charge in [0.2, 0.25) is 5.91 Å². The maximum absolute atomic E-state index is 14.0. The van der Waals surface area contributed by atoms with Gasteiger partial charge in [-0.25, -0.2) is 14.4 Å². The first-order chi connectivity index (χ1) is 39.6. The Morgan fingerprint density at radius 1 is 0.417 bits per heavy atom. The highest BCUT2D eigenvalue weighted by atomic mass is 16.9. The van der Waals surface area contributed by atoms with Gasteiger partial charge in [-0.05, 0) is 126 Å². The quantitative estimate of drug-likeness (QED) is 0.0947. The van der Waals surface area contributed by atoms with Gasteiger partial charge in [-0.2, -0.15) is 0 Å². The summed E-state index contributed by atoms with van der Waals surface area (Å²) in [6.07, 6.45) is -17.2. The van der Waals surface area contributed by atoms with Gasteiger partial charge in [-0.3, -0.25) is 14.4 Å². The Labute approximate surface area is 479 Å². The van der Waals surface area contributed by atoms with Crippen LogP contribution in [-0.4, -0.2) is 173 Å². The van der Waals surface area contributed by atoms with Crippen molar-refractivity contribution in [2.45, 2.75) is 203 Å². The van der Waals surface area contributed by atoms with Crippen LogP contribution in [-0.2, 0) is 121 Å². The minimum absolute atomic E-state index is 0.133. The number of hydrogen-bond donors (Lipinski definition) is 6. The highest BCUT2D eigenvalue weighted by Gasteiger charge is 2.61. The molecule has 0 radical (unpaired) electrons. The van der Waals surface area contributed by atoms with Gasteiger partial charge in [0.15, 0.2) is 72.7 Å². The number of carboxylic acids is 3. The lowest BCUT2D eigenvalue weighted by molar-refractivity contribution is -0.223. The van der Waals surface area contributed by atoms with Crippen LogP contribution in [0.5, 0.6) is 0 Å². The molecule has 28 heteroatoms. The number of ether oxygens (including phenoxy) is 16. The van der Waals surface area contributed by atoms with Crippen molar-refractivity contribution in [3.63, 3.8) is 0 Å². The van der Waals surface area contributed by atoms with E-state index in [9.17, 15) is 44.1 Å². The van der Waals surface area contributed by atoms with Crippen LogP contribution in [0.15, 0.2) is 60.7 Å². The Morgan fingerprint density at radius 2 is 0.667 bits per heavy atom. The van der Waals surface area contributed by atoms with E-state index in [4.69, 9.17) is 81.5 Å². The zero-order valence-electron chi connectivity index (χ0n) is 46.7. The summed E-state index contributed by atoms with van der Waals surface area (Å²) in [4.78, 5) is 77.3. The second-order valence-electron chi connectivity index (χ2n) is 23.2. The molecule has 3 aromatic rings. The molecule has 454 valence electrons. The monoisotopic (exact) mass is 1180 g/mol. The molecule has 84 heavy (non-hydrogen) atoms. The predicted molar refractivity (Wildman–Crippen MR) is 276 cm³/mol. The van der Waals surface area contributed by atoms with Crippen molar-refractivity contribution in [3.8, 4) is 0 Å². The fourth-order valence-electron chi connectivity index (χ4n) is 11.4. The lowest BCUT2D eigenvalue weighted by atomic mass is 10.1. The van der Waals surface area contributed by atoms with Crippen molar-refractivity contribution < 1.29 is 120 Å². The molecule has 8 aliphatic heterocycles. The van der Waals surface area contributed by atoms with E-state index >= 15 is 0 Å². The molecule has 8 fully saturated rings. The molecule has 0 saturated carbocycles. The third kappa shape index (κ3) is 12.6. The van der Waals surface area contributed by atoms with Gasteiger partial charge in [0, 0.05) is 22.5 Å². The molecule has 0 aromatic heterocycles. The number of fused-ring (bicyclic) bond motifs is 4. The Kier molecular flexibility index (Phi) is 16.0. The topological polar surface area (TPSA) is 361 Å². The molecule has 8 saturated heterocycles. The van der Waals surface area contributed by atoms with E-state index in [2.05, 4.69) is 10.6 Å². The molecule has 0 bridgehead atoms. The van der Waals surface area contributed by atoms with E-state index < -0.39 is 157 Å². The van der Waals surface area contributed by atoms with Gasteiger partial charge in [0.05, 0.1) is 26.4 Å². The van der Waals surface area contributed by atoms with Gasteiger partial charge in [-0.1, -0.05) is 12.1 Å². The standard InChI is InChI=1S/C56H65N3O25/c1-53(2)77-39-31(35(43(57)60)73-49(39)81-53)69-19-23-13-24(20-70-32-36(46(63)64)74-50-40(32)78-54(3,4)82-50)16-29(15-23)58-44(61)27-9-11-28(12-10-27)45(62)59-30-17-25(21-71-33-37(47(65)66)75-51-41(33)79-55(5,6)83-51)14-26(18-30)22-72-34-38(48(67)68)76-52-42(34)80-56(7,8)84-52/h9-18,31-42,49-52H,19-22H2,1-8H3,(H2,57,60)(H,58,61)(H,59,62)(H,63,64)(H,65,66)(H,67,68)/t31-,32-,33-,34-,35-,36-,37-,38-,39+,40+,41+,42+,49+,50+,51+,52+/m0/s1. The predicted octanol–water partition coefficient (Wildman–Crippen LogP) is 2.98. The summed E-state index contributed by atoms with van der Waals surface area (Å²) in [6, 6.07) is 15.5. The van der Waals surface area contributed by atoms with Crippen molar-refractivity contribution in [1.29, 1.82) is 0 Å². The SMILES string of the molecule is CC1(C)O[C@H]2O[C@H](C(N)=O)[C@H](OCc3cc(CO[C@@H]4[C@H]5OC(C)(C)O[C@H]5O[C@@H]4C(=O)O)cc(NC(=O)c4ccc(C(=O)Nc5cc(CO[C@@H]6[C@H]7OC(C)(C)O[C@H]7O[C@@H]6C(=O)O)cc(CO[C@@H]6[C@H]7OC(C)(C)O[C@H]7O[C@@H]6C(=O)O)c5)cc4)c3)[C@H]2O1. The normalized spacial score (nSPS) is 34.4. The maximum Gasteiger partial charge on any atom is 0.335 e. The number of primary amides is 1. The highest BCUT2D eigenvalue weighted by Crippen LogP contribution is 2.43. The molecule has 0 aliphatic carbocycles. The highest BCUT2D eigenvalue weighted by molar-refractivity contribution is 6.07. The number of carboxylic acid groups (broad SMARTS) is 3. The van der Waals surface area contributed by atoms with Gasteiger partial charge < -0.3 is 107 Å². The van der Waals surface area contributed by atoms with Crippen LogP contribution in [0.2, 0.25) is 0 Å². The van der Waals surface area contributed by atoms with E-state index in [1.54, 1.807) is 91.8 Å². The summed E-state index contributed by atoms with van der Waals surface area (Å²) in [5.41, 5.74) is 8.28. The summed E-state index contributed by atoms with van der Waals surface area (Å²) in [5, 5.41) is 35.7. The fourth-order valence-corrected chi connectivity index (χ4v) is 11.4. The van der Waals surface area contributed by atoms with Gasteiger partial charge in [0.1, 0.15) is 48.8 Å². The number of nitrogens with two attached hydrogens (primary N) is 1. The van der Waals surface area contributed by atoms with Crippen LogP contribution in [0.4, 0.5) is 11.4 Å². The molecule has 11 rings (SSSR count). The Morgan fingerprint density at radius 3 is 0.917 bits per heavy atom. The van der Waals surface area contributed by atoms with Crippen LogP contribution >= 0.6 is 0 Å². The van der Waals surface area contributed by atoms with E-state index in [1.807, 2.05) is 0 Å². The minimum Gasteiger partial charge on any atom is -0.479 e. The second-order valence-corrected chi connectivity index (χ2v) is 23.2. The number of amides is 3. The van der Waals surface area contributed by atoms with Gasteiger partial charge >= 0.3 is 17.9 Å². The van der Waals surface area contributed by atoms with Crippen molar-refractivity contribution in [1.82, 2.24) is 0 Å². The molecule has 3 aromatic carbocycles. The summed E-state index contributed by atoms with van der Waals surface area (Å²) in [7, 11) is 0. The first-order valence-corrected chi connectivity index (χ1v) is 27.0. The fraction of sp³-hybridized carbons (Fsp3) is 0.571. The molecule has 3 amide bonds. The zero-order valence-corrected chi connectivity index (χ0v) is 46.7. The summed E-state index contributed by atoms with van der Waals surface area (Å²) in [6.45, 7) is 12.5. The summed E-state index contributed by atoms with van der Waals surface area (Å²) in [5.74, 6) is -10.1. The lowest BCUT2D eigenvalue weighted by Crippen LogP contribution is -2.43. The minimum atomic E-state index is -1.43. The van der Waals surface area contributed by atoms with Crippen LogP contribution in [0, 0.1) is 0 Å². The molecule has 0 spiro atoms. The maximum atomic E-state index is 14.0. The molecule has 8 heterocycles. The van der Waals surface area contributed by atoms with E-state index in [0.717, 1.165) is 0 Å². The molecule has 7 N–H and O–H groups in total. The van der Waals surface area contributed by atoms with Crippen molar-refractivity contribution in [2.24, 2.45) is 5.73 Å². The van der Waals surface area contributed by atoms with Crippen LogP contribution in [0.3, 0.4) is 0 Å². The molecular formula is C56H65N3O25. The van der Waals surface area contributed by atoms with Crippen molar-refractivity contribution in [2.75, 3.05) is 10.6 Å². The number of benzene rings is 3. The average Bonchev–Trinajstić information content (AvgIpc) is 4.34. The number of aliphatic carboxylic acids is 3. The summed E-state index contributed by atoms with van der Waals surface area (Å²) < 4.78 is 94.6. The average molecular weight is 1180 g/mol. The lowest BCUT2D eigenvalue weighted by Gasteiger charge is -2.25. The molecule has 28 nitrogen and oxygen atoms in total. The second kappa shape index (κ2) is 22.6. The van der Waals surface area contributed by atoms with Crippen molar-refractivity contribution in [3.05, 3.63) is 94.0 Å². The Balaban J connectivity index is 0.804. The molecular weight excluding hydrogens is 1110 g/mol. The molecule has 0 unspecified atom stereocenters. The van der Waals surface area contributed by atoms with Crippen LogP contribution < -0.4 is 16.4 Å². The Hall–Kier alpha value is -6.16. The van der Waals surface area contributed by atoms with E-state index in [-0.39, 0.29) is 48.9 Å². The number of carbonyl (C=O) groups excluding carboxylic acids is 3. The first-order valence-electron chi connectivity index (χ1n) is 27.0.